The van der Waals surface area contributed by atoms with Crippen molar-refractivity contribution in [3.63, 3.8) is 0 Å². The third-order valence-corrected chi connectivity index (χ3v) is 3.42. The normalized spacial score (nSPS) is 11.5. The van der Waals surface area contributed by atoms with Crippen LogP contribution in [0.4, 0.5) is 17.2 Å². The molecule has 1 N–H and O–H groups in total. The van der Waals surface area contributed by atoms with Crippen molar-refractivity contribution in [2.75, 3.05) is 24.3 Å². The van der Waals surface area contributed by atoms with E-state index < -0.39 is 22.9 Å². The molecule has 26 heavy (non-hydrogen) atoms. The third kappa shape index (κ3) is 4.35. The maximum atomic E-state index is 12.4. The van der Waals surface area contributed by atoms with Crippen LogP contribution in [0.25, 0.3) is 0 Å². The first-order valence-corrected chi connectivity index (χ1v) is 7.60. The molecule has 10 heteroatoms. The second-order valence-electron chi connectivity index (χ2n) is 5.71. The molecular formula is C16H18N4O6. The number of non-ortho nitro benzene ring substituents is 1. The summed E-state index contributed by atoms with van der Waals surface area (Å²) in [5.74, 6) is -0.753. The first kappa shape index (κ1) is 18.9. The molecule has 0 aliphatic rings. The highest BCUT2D eigenvalue weighted by molar-refractivity contribution is 6.00. The lowest BCUT2D eigenvalue weighted by Gasteiger charge is -2.18. The minimum atomic E-state index is -1.14. The molecule has 2 rings (SSSR count). The van der Waals surface area contributed by atoms with Crippen LogP contribution < -0.4 is 10.2 Å². The van der Waals surface area contributed by atoms with Crippen LogP contribution in [-0.2, 0) is 9.53 Å². The quantitative estimate of drug-likeness (QED) is 0.470. The van der Waals surface area contributed by atoms with E-state index >= 15 is 0 Å². The molecule has 2 aromatic rings. The van der Waals surface area contributed by atoms with Gasteiger partial charge in [-0.25, -0.2) is 4.79 Å². The van der Waals surface area contributed by atoms with Crippen LogP contribution in [0.3, 0.4) is 0 Å². The van der Waals surface area contributed by atoms with Crippen molar-refractivity contribution in [3.05, 3.63) is 45.7 Å². The SMILES string of the molecule is Cc1cc(NC(=O)[C@H](C)OC(=O)c2cc([N+](=O)[O-])ccc2N(C)C)no1. The van der Waals surface area contributed by atoms with E-state index in [1.165, 1.54) is 25.1 Å². The monoisotopic (exact) mass is 362 g/mol. The molecule has 1 aromatic carbocycles. The zero-order chi connectivity index (χ0) is 19.4. The number of nitro benzene ring substituents is 1. The summed E-state index contributed by atoms with van der Waals surface area (Å²) in [5, 5.41) is 17.0. The summed E-state index contributed by atoms with van der Waals surface area (Å²) >= 11 is 0. The van der Waals surface area contributed by atoms with Gasteiger partial charge in [-0.05, 0) is 19.9 Å². The van der Waals surface area contributed by atoms with E-state index in [0.717, 1.165) is 6.07 Å². The molecule has 0 saturated heterocycles. The van der Waals surface area contributed by atoms with Gasteiger partial charge in [0.2, 0.25) is 0 Å². The summed E-state index contributed by atoms with van der Waals surface area (Å²) in [6.07, 6.45) is -1.14. The van der Waals surface area contributed by atoms with Crippen LogP contribution in [0, 0.1) is 17.0 Å². The number of anilines is 2. The van der Waals surface area contributed by atoms with Crippen LogP contribution in [-0.4, -0.2) is 42.2 Å². The van der Waals surface area contributed by atoms with Gasteiger partial charge in [0.05, 0.1) is 16.2 Å². The summed E-state index contributed by atoms with van der Waals surface area (Å²) in [5.41, 5.74) is 0.166. The van der Waals surface area contributed by atoms with Crippen molar-refractivity contribution in [3.8, 4) is 0 Å². The summed E-state index contributed by atoms with van der Waals surface area (Å²) in [7, 11) is 3.36. The maximum absolute atomic E-state index is 12.4. The molecule has 138 valence electrons. The Hall–Kier alpha value is -3.43. The van der Waals surface area contributed by atoms with Crippen molar-refractivity contribution >= 4 is 29.1 Å². The Morgan fingerprint density at radius 2 is 2.04 bits per heavy atom. The molecule has 0 saturated carbocycles. The van der Waals surface area contributed by atoms with E-state index in [1.54, 1.807) is 25.9 Å². The molecule has 1 heterocycles. The summed E-state index contributed by atoms with van der Waals surface area (Å²) in [6, 6.07) is 5.35. The Balaban J connectivity index is 2.16. The summed E-state index contributed by atoms with van der Waals surface area (Å²) < 4.78 is 9.98. The van der Waals surface area contributed by atoms with E-state index in [-0.39, 0.29) is 17.1 Å². The molecule has 1 atom stereocenters. The molecule has 0 unspecified atom stereocenters. The summed E-state index contributed by atoms with van der Waals surface area (Å²) in [4.78, 5) is 36.5. The predicted molar refractivity (Wildman–Crippen MR) is 92.2 cm³/mol. The number of hydrogen-bond acceptors (Lipinski definition) is 8. The largest absolute Gasteiger partial charge is 0.449 e. The van der Waals surface area contributed by atoms with Gasteiger partial charge in [-0.2, -0.15) is 0 Å². The van der Waals surface area contributed by atoms with Crippen LogP contribution in [0.2, 0.25) is 0 Å². The van der Waals surface area contributed by atoms with Crippen molar-refractivity contribution in [2.24, 2.45) is 0 Å². The van der Waals surface area contributed by atoms with Gasteiger partial charge in [0.15, 0.2) is 11.9 Å². The first-order valence-electron chi connectivity index (χ1n) is 7.60. The van der Waals surface area contributed by atoms with Gasteiger partial charge in [0, 0.05) is 32.3 Å². The molecule has 1 aromatic heterocycles. The van der Waals surface area contributed by atoms with Crippen molar-refractivity contribution < 1.29 is 23.8 Å². The number of carbonyl (C=O) groups excluding carboxylic acids is 2. The molecule has 1 amide bonds. The number of amides is 1. The lowest BCUT2D eigenvalue weighted by molar-refractivity contribution is -0.384. The zero-order valence-electron chi connectivity index (χ0n) is 14.7. The number of nitro groups is 1. The molecule has 0 bridgehead atoms. The molecule has 10 nitrogen and oxygen atoms in total. The number of aryl methyl sites for hydroxylation is 1. The number of rotatable bonds is 6. The number of nitrogens with one attached hydrogen (secondary N) is 1. The standard InChI is InChI=1S/C16H18N4O6/c1-9-7-14(18-26-9)17-15(21)10(2)25-16(22)12-8-11(20(23)24)5-6-13(12)19(3)4/h5-8,10H,1-4H3,(H,17,18,21)/t10-/m0/s1. The van der Waals surface area contributed by atoms with Crippen LogP contribution in [0.1, 0.15) is 23.0 Å². The fourth-order valence-corrected chi connectivity index (χ4v) is 2.12. The van der Waals surface area contributed by atoms with Crippen molar-refractivity contribution in [1.29, 1.82) is 0 Å². The Morgan fingerprint density at radius 3 is 2.58 bits per heavy atom. The summed E-state index contributed by atoms with van der Waals surface area (Å²) in [6.45, 7) is 3.05. The Morgan fingerprint density at radius 1 is 1.35 bits per heavy atom. The molecule has 0 aliphatic carbocycles. The molecule has 0 aliphatic heterocycles. The van der Waals surface area contributed by atoms with Crippen LogP contribution >= 0.6 is 0 Å². The van der Waals surface area contributed by atoms with Crippen LogP contribution in [0.15, 0.2) is 28.8 Å². The van der Waals surface area contributed by atoms with Gasteiger partial charge in [-0.15, -0.1) is 0 Å². The van der Waals surface area contributed by atoms with Crippen molar-refractivity contribution in [2.45, 2.75) is 20.0 Å². The van der Waals surface area contributed by atoms with Gasteiger partial charge in [-0.1, -0.05) is 5.16 Å². The highest BCUT2D eigenvalue weighted by Crippen LogP contribution is 2.25. The molecule has 0 radical (unpaired) electrons. The number of benzene rings is 1. The van der Waals surface area contributed by atoms with Crippen LogP contribution in [0.5, 0.6) is 0 Å². The van der Waals surface area contributed by atoms with Gasteiger partial charge in [0.25, 0.3) is 11.6 Å². The van der Waals surface area contributed by atoms with E-state index in [9.17, 15) is 19.7 Å². The molecule has 0 fully saturated rings. The molecular weight excluding hydrogens is 344 g/mol. The minimum Gasteiger partial charge on any atom is -0.449 e. The number of aromatic nitrogens is 1. The smallest absolute Gasteiger partial charge is 0.341 e. The Labute approximate surface area is 148 Å². The highest BCUT2D eigenvalue weighted by atomic mass is 16.6. The Kier molecular flexibility index (Phi) is 5.55. The third-order valence-electron chi connectivity index (χ3n) is 3.42. The fraction of sp³-hybridized carbons (Fsp3) is 0.312. The average Bonchev–Trinajstić information content (AvgIpc) is 2.98. The second-order valence-corrected chi connectivity index (χ2v) is 5.71. The lowest BCUT2D eigenvalue weighted by Crippen LogP contribution is -2.30. The number of ether oxygens (including phenoxy) is 1. The maximum Gasteiger partial charge on any atom is 0.341 e. The molecule has 0 spiro atoms. The van der Waals surface area contributed by atoms with Gasteiger partial charge in [-0.3, -0.25) is 14.9 Å². The fourth-order valence-electron chi connectivity index (χ4n) is 2.12. The van der Waals surface area contributed by atoms with E-state index in [1.807, 2.05) is 0 Å². The van der Waals surface area contributed by atoms with E-state index in [4.69, 9.17) is 9.26 Å². The second kappa shape index (κ2) is 7.64. The van der Waals surface area contributed by atoms with Gasteiger partial charge in [0.1, 0.15) is 5.76 Å². The average molecular weight is 362 g/mol. The first-order chi connectivity index (χ1) is 12.2. The highest BCUT2D eigenvalue weighted by Gasteiger charge is 2.24. The predicted octanol–water partition coefficient (Wildman–Crippen LogP) is 2.14. The van der Waals surface area contributed by atoms with E-state index in [2.05, 4.69) is 10.5 Å². The van der Waals surface area contributed by atoms with Crippen molar-refractivity contribution in [1.82, 2.24) is 5.16 Å². The van der Waals surface area contributed by atoms with E-state index in [0.29, 0.717) is 11.4 Å². The zero-order valence-corrected chi connectivity index (χ0v) is 14.7. The minimum absolute atomic E-state index is 0.0128. The number of carbonyl (C=O) groups is 2. The number of esters is 1. The van der Waals surface area contributed by atoms with Gasteiger partial charge < -0.3 is 19.5 Å². The number of hydrogen-bond donors (Lipinski definition) is 1. The Bertz CT molecular complexity index is 845. The lowest BCUT2D eigenvalue weighted by atomic mass is 10.1. The number of nitrogens with zero attached hydrogens (tertiary/aromatic N) is 3. The van der Waals surface area contributed by atoms with Gasteiger partial charge >= 0.3 is 5.97 Å². The topological polar surface area (TPSA) is 128 Å².